The molecule has 29 heavy (non-hydrogen) atoms. The van der Waals surface area contributed by atoms with Crippen molar-refractivity contribution in [2.45, 2.75) is 27.0 Å². The third-order valence-corrected chi connectivity index (χ3v) is 4.81. The molecule has 0 aliphatic heterocycles. The fourth-order valence-corrected chi connectivity index (χ4v) is 3.38. The maximum Gasteiger partial charge on any atom is 0.293 e. The summed E-state index contributed by atoms with van der Waals surface area (Å²) in [6.45, 7) is 4.54. The van der Waals surface area contributed by atoms with E-state index in [4.69, 9.17) is 9.26 Å². The zero-order chi connectivity index (χ0) is 20.2. The highest BCUT2D eigenvalue weighted by Crippen LogP contribution is 2.28. The molecular weight excluding hydrogens is 364 g/mol. The van der Waals surface area contributed by atoms with E-state index in [9.17, 15) is 4.79 Å². The van der Waals surface area contributed by atoms with Gasteiger partial charge in [0.05, 0.1) is 12.2 Å². The number of rotatable bonds is 6. The Morgan fingerprint density at radius 2 is 1.62 bits per heavy atom. The smallest absolute Gasteiger partial charge is 0.293 e. The van der Waals surface area contributed by atoms with E-state index in [1.54, 1.807) is 10.6 Å². The molecule has 0 unspecified atom stereocenters. The lowest BCUT2D eigenvalue weighted by Gasteiger charge is -2.13. The first-order valence-corrected chi connectivity index (χ1v) is 9.50. The maximum atomic E-state index is 13.1. The lowest BCUT2D eigenvalue weighted by atomic mass is 10.1. The van der Waals surface area contributed by atoms with Crippen molar-refractivity contribution in [1.29, 1.82) is 0 Å². The van der Waals surface area contributed by atoms with Gasteiger partial charge in [0.25, 0.3) is 5.56 Å². The summed E-state index contributed by atoms with van der Waals surface area (Å²) >= 11 is 0. The van der Waals surface area contributed by atoms with Gasteiger partial charge in [0, 0.05) is 17.3 Å². The number of pyridine rings is 1. The summed E-state index contributed by atoms with van der Waals surface area (Å²) in [5.41, 5.74) is 4.39. The van der Waals surface area contributed by atoms with Crippen molar-refractivity contribution in [1.82, 2.24) is 9.72 Å². The minimum atomic E-state index is -0.166. The average Bonchev–Trinajstić information content (AvgIpc) is 3.08. The van der Waals surface area contributed by atoms with Gasteiger partial charge in [-0.2, -0.15) is 0 Å². The molecule has 0 saturated carbocycles. The van der Waals surface area contributed by atoms with E-state index in [0.29, 0.717) is 24.7 Å². The normalized spacial score (nSPS) is 10.8. The molecular formula is C24H22N2O3. The minimum absolute atomic E-state index is 0.166. The lowest BCUT2D eigenvalue weighted by molar-refractivity contribution is 0.299. The Morgan fingerprint density at radius 1 is 0.966 bits per heavy atom. The topological polar surface area (TPSA) is 57.3 Å². The third-order valence-electron chi connectivity index (χ3n) is 4.81. The average molecular weight is 386 g/mol. The molecule has 2 aromatic carbocycles. The molecule has 0 amide bonds. The Hall–Kier alpha value is -3.60. The van der Waals surface area contributed by atoms with Crippen LogP contribution in [0.3, 0.4) is 0 Å². The molecule has 0 atom stereocenters. The number of aryl methyl sites for hydroxylation is 2. The monoisotopic (exact) mass is 386 g/mol. The van der Waals surface area contributed by atoms with Gasteiger partial charge in [0.1, 0.15) is 12.4 Å². The largest absolute Gasteiger partial charge is 0.483 e. The SMILES string of the molecule is Cc1noc(C)c1-c1cc(OCc2ccccc2)c(=O)n(Cc2ccccc2)c1. The van der Waals surface area contributed by atoms with Crippen LogP contribution in [0.1, 0.15) is 22.6 Å². The van der Waals surface area contributed by atoms with Crippen LogP contribution in [0, 0.1) is 13.8 Å². The van der Waals surface area contributed by atoms with E-state index in [1.807, 2.05) is 80.7 Å². The van der Waals surface area contributed by atoms with Crippen molar-refractivity contribution in [3.05, 3.63) is 106 Å². The van der Waals surface area contributed by atoms with Gasteiger partial charge >= 0.3 is 0 Å². The van der Waals surface area contributed by atoms with E-state index >= 15 is 0 Å². The predicted octanol–water partition coefficient (Wildman–Crippen LogP) is 4.75. The van der Waals surface area contributed by atoms with E-state index in [-0.39, 0.29) is 5.56 Å². The number of nitrogens with zero attached hydrogens (tertiary/aromatic N) is 2. The Labute approximate surface area is 169 Å². The lowest BCUT2D eigenvalue weighted by Crippen LogP contribution is -2.22. The summed E-state index contributed by atoms with van der Waals surface area (Å²) in [4.78, 5) is 13.1. The summed E-state index contributed by atoms with van der Waals surface area (Å²) < 4.78 is 12.9. The molecule has 4 aromatic rings. The second-order valence-electron chi connectivity index (χ2n) is 6.99. The number of ether oxygens (including phenoxy) is 1. The fraction of sp³-hybridized carbons (Fsp3) is 0.167. The molecule has 0 saturated heterocycles. The predicted molar refractivity (Wildman–Crippen MR) is 112 cm³/mol. The molecule has 2 heterocycles. The molecule has 5 heteroatoms. The van der Waals surface area contributed by atoms with Gasteiger partial charge in [0.15, 0.2) is 5.75 Å². The number of benzene rings is 2. The zero-order valence-electron chi connectivity index (χ0n) is 16.5. The van der Waals surface area contributed by atoms with Crippen LogP contribution in [0.25, 0.3) is 11.1 Å². The number of hydrogen-bond donors (Lipinski definition) is 0. The molecule has 0 aliphatic rings. The first kappa shape index (κ1) is 18.7. The van der Waals surface area contributed by atoms with Gasteiger partial charge in [-0.15, -0.1) is 0 Å². The van der Waals surface area contributed by atoms with Crippen molar-refractivity contribution in [3.63, 3.8) is 0 Å². The second kappa shape index (κ2) is 8.19. The summed E-state index contributed by atoms with van der Waals surface area (Å²) in [5, 5.41) is 4.05. The highest BCUT2D eigenvalue weighted by molar-refractivity contribution is 5.68. The Bertz CT molecular complexity index is 1140. The van der Waals surface area contributed by atoms with Gasteiger partial charge in [0.2, 0.25) is 0 Å². The molecule has 0 radical (unpaired) electrons. The molecule has 5 nitrogen and oxygen atoms in total. The Morgan fingerprint density at radius 3 is 2.24 bits per heavy atom. The van der Waals surface area contributed by atoms with E-state index in [0.717, 1.165) is 27.9 Å². The van der Waals surface area contributed by atoms with Gasteiger partial charge < -0.3 is 13.8 Å². The highest BCUT2D eigenvalue weighted by atomic mass is 16.5. The second-order valence-corrected chi connectivity index (χ2v) is 6.99. The Kier molecular flexibility index (Phi) is 5.29. The third kappa shape index (κ3) is 4.14. The van der Waals surface area contributed by atoms with Crippen LogP contribution < -0.4 is 10.3 Å². The summed E-state index contributed by atoms with van der Waals surface area (Å²) in [6.07, 6.45) is 1.84. The molecule has 0 spiro atoms. The maximum absolute atomic E-state index is 13.1. The molecule has 0 bridgehead atoms. The molecule has 0 N–H and O–H groups in total. The van der Waals surface area contributed by atoms with Crippen molar-refractivity contribution in [2.24, 2.45) is 0 Å². The first-order chi connectivity index (χ1) is 14.1. The molecule has 4 rings (SSSR count). The standard InChI is InChI=1S/C24H22N2O3/c1-17-23(18(2)29-25-17)21-13-22(28-16-20-11-7-4-8-12-20)24(27)26(15-21)14-19-9-5-3-6-10-19/h3-13,15H,14,16H2,1-2H3. The summed E-state index contributed by atoms with van der Waals surface area (Å²) in [5.74, 6) is 1.02. The molecule has 0 fully saturated rings. The van der Waals surface area contributed by atoms with Gasteiger partial charge in [-0.3, -0.25) is 4.79 Å². The van der Waals surface area contributed by atoms with Crippen molar-refractivity contribution in [3.8, 4) is 16.9 Å². The van der Waals surface area contributed by atoms with Crippen LogP contribution in [0.15, 0.2) is 82.2 Å². The summed E-state index contributed by atoms with van der Waals surface area (Å²) in [6, 6.07) is 21.5. The number of hydrogen-bond acceptors (Lipinski definition) is 4. The summed E-state index contributed by atoms with van der Waals surface area (Å²) in [7, 11) is 0. The fourth-order valence-electron chi connectivity index (χ4n) is 3.38. The van der Waals surface area contributed by atoms with Crippen LogP contribution in [-0.2, 0) is 13.2 Å². The van der Waals surface area contributed by atoms with Gasteiger partial charge in [-0.25, -0.2) is 0 Å². The van der Waals surface area contributed by atoms with Gasteiger partial charge in [-0.1, -0.05) is 65.8 Å². The quantitative estimate of drug-likeness (QED) is 0.480. The van der Waals surface area contributed by atoms with Crippen LogP contribution >= 0.6 is 0 Å². The van der Waals surface area contributed by atoms with Crippen LogP contribution in [0.4, 0.5) is 0 Å². The van der Waals surface area contributed by atoms with E-state index < -0.39 is 0 Å². The van der Waals surface area contributed by atoms with Crippen LogP contribution in [0.2, 0.25) is 0 Å². The van der Waals surface area contributed by atoms with Crippen LogP contribution in [-0.4, -0.2) is 9.72 Å². The van der Waals surface area contributed by atoms with E-state index in [1.165, 1.54) is 0 Å². The molecule has 146 valence electrons. The van der Waals surface area contributed by atoms with Gasteiger partial charge in [-0.05, 0) is 31.0 Å². The zero-order valence-corrected chi connectivity index (χ0v) is 16.5. The Balaban J connectivity index is 1.75. The van der Waals surface area contributed by atoms with Crippen LogP contribution in [0.5, 0.6) is 5.75 Å². The van der Waals surface area contributed by atoms with Crippen molar-refractivity contribution < 1.29 is 9.26 Å². The first-order valence-electron chi connectivity index (χ1n) is 9.50. The van der Waals surface area contributed by atoms with E-state index in [2.05, 4.69) is 5.16 Å². The van der Waals surface area contributed by atoms with Crippen molar-refractivity contribution >= 4 is 0 Å². The molecule has 2 aromatic heterocycles. The number of aromatic nitrogens is 2. The minimum Gasteiger partial charge on any atom is -0.483 e. The van der Waals surface area contributed by atoms with Crippen molar-refractivity contribution in [2.75, 3.05) is 0 Å². The highest BCUT2D eigenvalue weighted by Gasteiger charge is 2.16. The molecule has 0 aliphatic carbocycles.